The number of carboxylic acid groups (broad SMARTS) is 1. The monoisotopic (exact) mass is 292 g/mol. The van der Waals surface area contributed by atoms with Crippen molar-refractivity contribution in [3.8, 4) is 0 Å². The van der Waals surface area contributed by atoms with Crippen molar-refractivity contribution in [3.05, 3.63) is 0 Å². The topological polar surface area (TPSA) is 77.9 Å². The first-order valence-electron chi connectivity index (χ1n) is 6.84. The van der Waals surface area contributed by atoms with Gasteiger partial charge in [-0.15, -0.1) is 0 Å². The fraction of sp³-hybridized carbons (Fsp3) is 0.917. The normalized spacial score (nSPS) is 18.1. The van der Waals surface area contributed by atoms with Crippen LogP contribution in [0.5, 0.6) is 0 Å². The molecule has 0 aromatic heterocycles. The van der Waals surface area contributed by atoms with Gasteiger partial charge in [0.05, 0.1) is 0 Å². The lowest BCUT2D eigenvalue weighted by Crippen LogP contribution is -2.48. The SMILES string of the molecule is CCCN(CC(=O)O)S(=O)(=O)N(C)C1CCCCC1. The van der Waals surface area contributed by atoms with Crippen molar-refractivity contribution < 1.29 is 18.3 Å². The van der Waals surface area contributed by atoms with Crippen LogP contribution in [0.4, 0.5) is 0 Å². The summed E-state index contributed by atoms with van der Waals surface area (Å²) in [4.78, 5) is 10.8. The summed E-state index contributed by atoms with van der Waals surface area (Å²) >= 11 is 0. The van der Waals surface area contributed by atoms with Crippen molar-refractivity contribution in [2.45, 2.75) is 51.5 Å². The lowest BCUT2D eigenvalue weighted by Gasteiger charge is -2.33. The van der Waals surface area contributed by atoms with Gasteiger partial charge in [0.25, 0.3) is 10.2 Å². The second-order valence-corrected chi connectivity index (χ2v) is 7.03. The van der Waals surface area contributed by atoms with E-state index in [1.807, 2.05) is 6.92 Å². The van der Waals surface area contributed by atoms with Crippen LogP contribution in [0.15, 0.2) is 0 Å². The number of aliphatic carboxylic acids is 1. The lowest BCUT2D eigenvalue weighted by atomic mass is 9.96. The highest BCUT2D eigenvalue weighted by Gasteiger charge is 2.33. The minimum absolute atomic E-state index is 0.00639. The standard InChI is InChI=1S/C12H24N2O4S/c1-3-9-14(10-12(15)16)19(17,18)13(2)11-7-5-4-6-8-11/h11H,3-10H2,1-2H3,(H,15,16). The number of rotatable bonds is 7. The van der Waals surface area contributed by atoms with Crippen LogP contribution in [-0.4, -0.2) is 54.3 Å². The molecule has 0 heterocycles. The quantitative estimate of drug-likeness (QED) is 0.767. The van der Waals surface area contributed by atoms with E-state index in [-0.39, 0.29) is 12.6 Å². The van der Waals surface area contributed by atoms with E-state index >= 15 is 0 Å². The lowest BCUT2D eigenvalue weighted by molar-refractivity contribution is -0.137. The minimum atomic E-state index is -3.67. The Morgan fingerprint density at radius 1 is 1.26 bits per heavy atom. The molecule has 19 heavy (non-hydrogen) atoms. The van der Waals surface area contributed by atoms with Crippen molar-refractivity contribution in [1.82, 2.24) is 8.61 Å². The molecule has 0 aromatic rings. The van der Waals surface area contributed by atoms with E-state index in [0.717, 1.165) is 36.4 Å². The zero-order chi connectivity index (χ0) is 14.5. The Hall–Kier alpha value is -0.660. The summed E-state index contributed by atoms with van der Waals surface area (Å²) in [5.41, 5.74) is 0. The number of hydrogen-bond acceptors (Lipinski definition) is 3. The highest BCUT2D eigenvalue weighted by Crippen LogP contribution is 2.24. The molecule has 0 atom stereocenters. The third-order valence-corrected chi connectivity index (χ3v) is 5.55. The van der Waals surface area contributed by atoms with E-state index in [1.165, 1.54) is 4.31 Å². The first-order chi connectivity index (χ1) is 8.89. The van der Waals surface area contributed by atoms with Gasteiger partial charge in [-0.1, -0.05) is 26.2 Å². The number of carbonyl (C=O) groups is 1. The van der Waals surface area contributed by atoms with Gasteiger partial charge in [0.2, 0.25) is 0 Å². The van der Waals surface area contributed by atoms with Gasteiger partial charge in [0, 0.05) is 19.6 Å². The maximum Gasteiger partial charge on any atom is 0.318 e. The van der Waals surface area contributed by atoms with E-state index in [0.29, 0.717) is 6.42 Å². The Kier molecular flexibility index (Phi) is 6.22. The molecule has 0 aromatic carbocycles. The number of carboxylic acids is 1. The molecule has 1 saturated carbocycles. The Morgan fingerprint density at radius 3 is 2.32 bits per heavy atom. The average molecular weight is 292 g/mol. The second-order valence-electron chi connectivity index (χ2n) is 5.04. The molecule has 1 aliphatic carbocycles. The zero-order valence-corrected chi connectivity index (χ0v) is 12.5. The third kappa shape index (κ3) is 4.43. The molecule has 0 saturated heterocycles. The predicted molar refractivity (Wildman–Crippen MR) is 73.1 cm³/mol. The molecule has 0 aliphatic heterocycles. The Balaban J connectivity index is 2.81. The average Bonchev–Trinajstić information content (AvgIpc) is 2.38. The van der Waals surface area contributed by atoms with Gasteiger partial charge in [0.1, 0.15) is 6.54 Å². The van der Waals surface area contributed by atoms with Gasteiger partial charge < -0.3 is 5.11 Å². The fourth-order valence-electron chi connectivity index (χ4n) is 2.49. The first kappa shape index (κ1) is 16.4. The molecule has 1 N–H and O–H groups in total. The van der Waals surface area contributed by atoms with Crippen LogP contribution in [0.1, 0.15) is 45.4 Å². The first-order valence-corrected chi connectivity index (χ1v) is 8.24. The molecule has 1 fully saturated rings. The second kappa shape index (κ2) is 7.21. The molecule has 0 radical (unpaired) electrons. The zero-order valence-electron chi connectivity index (χ0n) is 11.7. The summed E-state index contributed by atoms with van der Waals surface area (Å²) in [6, 6.07) is 0.00639. The van der Waals surface area contributed by atoms with Gasteiger partial charge in [0.15, 0.2) is 0 Å². The molecular formula is C12H24N2O4S. The van der Waals surface area contributed by atoms with Gasteiger partial charge in [-0.05, 0) is 19.3 Å². The predicted octanol–water partition coefficient (Wildman–Crippen LogP) is 1.29. The minimum Gasteiger partial charge on any atom is -0.480 e. The van der Waals surface area contributed by atoms with Crippen LogP contribution in [0.25, 0.3) is 0 Å². The Bertz CT molecular complexity index is 391. The van der Waals surface area contributed by atoms with Crippen molar-refractivity contribution in [2.75, 3.05) is 20.1 Å². The maximum atomic E-state index is 12.4. The highest BCUT2D eigenvalue weighted by molar-refractivity contribution is 7.86. The summed E-state index contributed by atoms with van der Waals surface area (Å²) in [6.07, 6.45) is 5.56. The molecule has 0 bridgehead atoms. The van der Waals surface area contributed by atoms with Crippen LogP contribution in [0.3, 0.4) is 0 Å². The van der Waals surface area contributed by atoms with Crippen molar-refractivity contribution in [2.24, 2.45) is 0 Å². The van der Waals surface area contributed by atoms with E-state index in [4.69, 9.17) is 5.11 Å². The van der Waals surface area contributed by atoms with Gasteiger partial charge in [-0.25, -0.2) is 0 Å². The third-order valence-electron chi connectivity index (χ3n) is 3.56. The van der Waals surface area contributed by atoms with Gasteiger partial charge in [-0.3, -0.25) is 4.79 Å². The van der Waals surface area contributed by atoms with Crippen LogP contribution in [-0.2, 0) is 15.0 Å². The molecule has 1 rings (SSSR count). The van der Waals surface area contributed by atoms with Crippen molar-refractivity contribution in [1.29, 1.82) is 0 Å². The molecule has 0 amide bonds. The largest absolute Gasteiger partial charge is 0.480 e. The summed E-state index contributed by atoms with van der Waals surface area (Å²) in [6.45, 7) is 1.61. The van der Waals surface area contributed by atoms with Crippen LogP contribution in [0, 0.1) is 0 Å². The van der Waals surface area contributed by atoms with Crippen LogP contribution >= 0.6 is 0 Å². The van der Waals surface area contributed by atoms with E-state index < -0.39 is 22.7 Å². The van der Waals surface area contributed by atoms with Crippen LogP contribution in [0.2, 0.25) is 0 Å². The maximum absolute atomic E-state index is 12.4. The Labute approximate surface area is 115 Å². The van der Waals surface area contributed by atoms with E-state index in [2.05, 4.69) is 0 Å². The summed E-state index contributed by atoms with van der Waals surface area (Å²) in [7, 11) is -2.11. The molecular weight excluding hydrogens is 268 g/mol. The summed E-state index contributed by atoms with van der Waals surface area (Å²) in [5, 5.41) is 8.84. The number of hydrogen-bond donors (Lipinski definition) is 1. The van der Waals surface area contributed by atoms with Gasteiger partial charge >= 0.3 is 5.97 Å². The molecule has 112 valence electrons. The molecule has 6 nitrogen and oxygen atoms in total. The fourth-order valence-corrected chi connectivity index (χ4v) is 4.13. The molecule has 1 aliphatic rings. The molecule has 7 heteroatoms. The van der Waals surface area contributed by atoms with Crippen LogP contribution < -0.4 is 0 Å². The molecule has 0 spiro atoms. The number of nitrogens with zero attached hydrogens (tertiary/aromatic N) is 2. The van der Waals surface area contributed by atoms with Crippen molar-refractivity contribution >= 4 is 16.2 Å². The van der Waals surface area contributed by atoms with Gasteiger partial charge in [-0.2, -0.15) is 17.0 Å². The summed E-state index contributed by atoms with van der Waals surface area (Å²) in [5.74, 6) is -1.12. The smallest absolute Gasteiger partial charge is 0.318 e. The Morgan fingerprint density at radius 2 is 1.84 bits per heavy atom. The van der Waals surface area contributed by atoms with E-state index in [9.17, 15) is 13.2 Å². The van der Waals surface area contributed by atoms with E-state index in [1.54, 1.807) is 7.05 Å². The van der Waals surface area contributed by atoms with Crippen molar-refractivity contribution in [3.63, 3.8) is 0 Å². The molecule has 0 unspecified atom stereocenters. The highest BCUT2D eigenvalue weighted by atomic mass is 32.2. The summed E-state index contributed by atoms with van der Waals surface area (Å²) < 4.78 is 27.3.